The Morgan fingerprint density at radius 2 is 2.23 bits per heavy atom. The molecule has 1 aliphatic heterocycles. The number of hydrogen-bond donors (Lipinski definition) is 1. The van der Waals surface area contributed by atoms with Crippen LogP contribution in [0.3, 0.4) is 0 Å². The second-order valence-electron chi connectivity index (χ2n) is 6.10. The van der Waals surface area contributed by atoms with Gasteiger partial charge in [-0.05, 0) is 31.5 Å². The number of carbonyl (C=O) groups excluding carboxylic acids is 1. The summed E-state index contributed by atoms with van der Waals surface area (Å²) in [6, 6.07) is 2.21. The van der Waals surface area contributed by atoms with Crippen LogP contribution in [0.4, 0.5) is 13.2 Å². The van der Waals surface area contributed by atoms with Gasteiger partial charge in [0.15, 0.2) is 11.5 Å². The van der Waals surface area contributed by atoms with Crippen molar-refractivity contribution in [2.75, 3.05) is 19.6 Å². The molecule has 140 valence electrons. The van der Waals surface area contributed by atoms with E-state index in [4.69, 9.17) is 0 Å². The fourth-order valence-electron chi connectivity index (χ4n) is 2.91. The minimum absolute atomic E-state index is 0.108. The van der Waals surface area contributed by atoms with Gasteiger partial charge in [-0.2, -0.15) is 13.2 Å². The molecule has 1 N–H and O–H groups in total. The van der Waals surface area contributed by atoms with Crippen molar-refractivity contribution in [1.82, 2.24) is 30.2 Å². The van der Waals surface area contributed by atoms with Crippen molar-refractivity contribution in [3.63, 3.8) is 0 Å². The highest BCUT2D eigenvalue weighted by molar-refractivity contribution is 5.92. The van der Waals surface area contributed by atoms with Crippen LogP contribution in [0.2, 0.25) is 0 Å². The Balaban J connectivity index is 1.78. The second-order valence-corrected chi connectivity index (χ2v) is 6.10. The Kier molecular flexibility index (Phi) is 5.21. The number of amides is 1. The SMILES string of the molecule is CCCN(C(=O)c1cn(-c2ccc(C(F)(F)F)cn2)nn1)C1CCNC1. The third-order valence-electron chi connectivity index (χ3n) is 4.22. The van der Waals surface area contributed by atoms with E-state index in [1.165, 1.54) is 16.9 Å². The minimum atomic E-state index is -4.45. The summed E-state index contributed by atoms with van der Waals surface area (Å²) in [7, 11) is 0. The van der Waals surface area contributed by atoms with Crippen LogP contribution in [0.25, 0.3) is 5.82 Å². The van der Waals surface area contributed by atoms with E-state index in [1.54, 1.807) is 4.90 Å². The summed E-state index contributed by atoms with van der Waals surface area (Å²) < 4.78 is 39.0. The molecule has 7 nitrogen and oxygen atoms in total. The first kappa shape index (κ1) is 18.3. The summed E-state index contributed by atoms with van der Waals surface area (Å²) >= 11 is 0. The van der Waals surface area contributed by atoms with E-state index in [2.05, 4.69) is 20.6 Å². The molecule has 3 heterocycles. The van der Waals surface area contributed by atoms with Gasteiger partial charge in [0.05, 0.1) is 11.8 Å². The topological polar surface area (TPSA) is 75.9 Å². The number of nitrogens with one attached hydrogen (secondary N) is 1. The molecule has 10 heteroatoms. The molecule has 0 aliphatic carbocycles. The Hall–Kier alpha value is -2.49. The van der Waals surface area contributed by atoms with Crippen LogP contribution in [0.5, 0.6) is 0 Å². The average molecular weight is 368 g/mol. The van der Waals surface area contributed by atoms with Crippen LogP contribution in [-0.4, -0.2) is 56.5 Å². The number of nitrogens with zero attached hydrogens (tertiary/aromatic N) is 5. The lowest BCUT2D eigenvalue weighted by molar-refractivity contribution is -0.137. The van der Waals surface area contributed by atoms with Gasteiger partial charge >= 0.3 is 6.18 Å². The van der Waals surface area contributed by atoms with Crippen LogP contribution in [0, 0.1) is 0 Å². The summed E-state index contributed by atoms with van der Waals surface area (Å²) in [5.74, 6) is -0.0761. The molecule has 2 aromatic rings. The van der Waals surface area contributed by atoms with Gasteiger partial charge in [-0.3, -0.25) is 4.79 Å². The summed E-state index contributed by atoms with van der Waals surface area (Å²) in [5.41, 5.74) is -0.701. The van der Waals surface area contributed by atoms with Crippen molar-refractivity contribution in [2.24, 2.45) is 0 Å². The van der Waals surface area contributed by atoms with Gasteiger partial charge in [0.1, 0.15) is 0 Å². The van der Waals surface area contributed by atoms with Gasteiger partial charge in [0, 0.05) is 25.3 Å². The maximum atomic E-state index is 12.8. The van der Waals surface area contributed by atoms with Gasteiger partial charge < -0.3 is 10.2 Å². The molecule has 1 fully saturated rings. The highest BCUT2D eigenvalue weighted by Gasteiger charge is 2.31. The van der Waals surface area contributed by atoms with Gasteiger partial charge in [-0.25, -0.2) is 9.67 Å². The lowest BCUT2D eigenvalue weighted by Gasteiger charge is -2.27. The molecule has 1 aliphatic rings. The summed E-state index contributed by atoms with van der Waals surface area (Å²) in [4.78, 5) is 18.3. The molecule has 0 spiro atoms. The van der Waals surface area contributed by atoms with Crippen molar-refractivity contribution in [3.8, 4) is 5.82 Å². The van der Waals surface area contributed by atoms with Gasteiger partial charge in [0.25, 0.3) is 5.91 Å². The molecular weight excluding hydrogens is 349 g/mol. The maximum Gasteiger partial charge on any atom is 0.417 e. The standard InChI is InChI=1S/C16H19F3N6O/c1-2-7-24(12-5-6-20-9-12)15(26)13-10-25(23-22-13)14-4-3-11(8-21-14)16(17,18)19/h3-4,8,10,12,20H,2,5-7,9H2,1H3. The Morgan fingerprint density at radius 3 is 2.81 bits per heavy atom. The van der Waals surface area contributed by atoms with E-state index < -0.39 is 11.7 Å². The summed E-state index contributed by atoms with van der Waals surface area (Å²) in [6.07, 6.45) is -0.642. The highest BCUT2D eigenvalue weighted by Crippen LogP contribution is 2.28. The number of carbonyl (C=O) groups is 1. The van der Waals surface area contributed by atoms with E-state index in [1.807, 2.05) is 6.92 Å². The van der Waals surface area contributed by atoms with Crippen LogP contribution in [0.1, 0.15) is 35.8 Å². The van der Waals surface area contributed by atoms with Crippen molar-refractivity contribution >= 4 is 5.91 Å². The largest absolute Gasteiger partial charge is 0.417 e. The summed E-state index contributed by atoms with van der Waals surface area (Å²) in [6.45, 7) is 4.20. The van der Waals surface area contributed by atoms with Crippen LogP contribution >= 0.6 is 0 Å². The molecule has 0 saturated carbocycles. The zero-order valence-electron chi connectivity index (χ0n) is 14.2. The van der Waals surface area contributed by atoms with Crippen LogP contribution in [0.15, 0.2) is 24.5 Å². The number of pyridine rings is 1. The Morgan fingerprint density at radius 1 is 1.42 bits per heavy atom. The number of rotatable bonds is 5. The van der Waals surface area contributed by atoms with Crippen molar-refractivity contribution in [1.29, 1.82) is 0 Å². The molecule has 0 radical (unpaired) electrons. The highest BCUT2D eigenvalue weighted by atomic mass is 19.4. The fraction of sp³-hybridized carbons (Fsp3) is 0.500. The van der Waals surface area contributed by atoms with Crippen LogP contribution < -0.4 is 5.32 Å². The third-order valence-corrected chi connectivity index (χ3v) is 4.22. The molecule has 3 rings (SSSR count). The Labute approximate surface area is 148 Å². The number of halogens is 3. The van der Waals surface area contributed by atoms with E-state index in [0.717, 1.165) is 38.2 Å². The number of alkyl halides is 3. The number of aromatic nitrogens is 4. The van der Waals surface area contributed by atoms with Gasteiger partial charge in [-0.15, -0.1) is 5.10 Å². The first-order valence-corrected chi connectivity index (χ1v) is 8.38. The zero-order valence-corrected chi connectivity index (χ0v) is 14.2. The van der Waals surface area contributed by atoms with E-state index >= 15 is 0 Å². The molecule has 0 bridgehead atoms. The smallest absolute Gasteiger partial charge is 0.333 e. The molecule has 26 heavy (non-hydrogen) atoms. The molecule has 0 aromatic carbocycles. The van der Waals surface area contributed by atoms with E-state index in [9.17, 15) is 18.0 Å². The van der Waals surface area contributed by atoms with Crippen molar-refractivity contribution < 1.29 is 18.0 Å². The summed E-state index contributed by atoms with van der Waals surface area (Å²) in [5, 5.41) is 10.9. The predicted octanol–water partition coefficient (Wildman–Crippen LogP) is 1.90. The lowest BCUT2D eigenvalue weighted by atomic mass is 10.2. The van der Waals surface area contributed by atoms with E-state index in [0.29, 0.717) is 6.54 Å². The van der Waals surface area contributed by atoms with Crippen LogP contribution in [-0.2, 0) is 6.18 Å². The number of hydrogen-bond acceptors (Lipinski definition) is 5. The zero-order chi connectivity index (χ0) is 18.7. The van der Waals surface area contributed by atoms with Crippen molar-refractivity contribution in [3.05, 3.63) is 35.8 Å². The van der Waals surface area contributed by atoms with Gasteiger partial charge in [0.2, 0.25) is 0 Å². The Bertz CT molecular complexity index is 752. The molecule has 2 aromatic heterocycles. The predicted molar refractivity (Wildman–Crippen MR) is 86.8 cm³/mol. The quantitative estimate of drug-likeness (QED) is 0.872. The lowest BCUT2D eigenvalue weighted by Crippen LogP contribution is -2.42. The minimum Gasteiger partial charge on any atom is -0.333 e. The third kappa shape index (κ3) is 3.85. The fourth-order valence-corrected chi connectivity index (χ4v) is 2.91. The first-order chi connectivity index (χ1) is 12.4. The average Bonchev–Trinajstić information content (AvgIpc) is 3.30. The maximum absolute atomic E-state index is 12.8. The monoisotopic (exact) mass is 368 g/mol. The molecule has 1 unspecified atom stereocenters. The second kappa shape index (κ2) is 7.40. The van der Waals surface area contributed by atoms with Crippen molar-refractivity contribution in [2.45, 2.75) is 32.0 Å². The molecule has 1 amide bonds. The molecule has 1 saturated heterocycles. The first-order valence-electron chi connectivity index (χ1n) is 8.38. The van der Waals surface area contributed by atoms with E-state index in [-0.39, 0.29) is 23.5 Å². The molecule has 1 atom stereocenters. The molecular formula is C16H19F3N6O. The normalized spacial score (nSPS) is 17.5. The van der Waals surface area contributed by atoms with Gasteiger partial charge in [-0.1, -0.05) is 12.1 Å².